The van der Waals surface area contributed by atoms with Crippen LogP contribution in [0.15, 0.2) is 48.5 Å². The fourth-order valence-corrected chi connectivity index (χ4v) is 7.29. The van der Waals surface area contributed by atoms with E-state index in [4.69, 9.17) is 0 Å². The predicted molar refractivity (Wildman–Crippen MR) is 153 cm³/mol. The van der Waals surface area contributed by atoms with E-state index in [-0.39, 0.29) is 22.9 Å². The highest BCUT2D eigenvalue weighted by Crippen LogP contribution is 2.39. The van der Waals surface area contributed by atoms with Crippen molar-refractivity contribution in [2.45, 2.75) is 64.1 Å². The van der Waals surface area contributed by atoms with Gasteiger partial charge in [-0.3, -0.25) is 19.3 Å². The summed E-state index contributed by atoms with van der Waals surface area (Å²) in [5, 5.41) is 3.23. The van der Waals surface area contributed by atoms with Crippen molar-refractivity contribution in [1.82, 2.24) is 19.7 Å². The van der Waals surface area contributed by atoms with Gasteiger partial charge in [-0.2, -0.15) is 0 Å². The highest BCUT2D eigenvalue weighted by molar-refractivity contribution is 7.20. The first-order valence-corrected chi connectivity index (χ1v) is 14.8. The third kappa shape index (κ3) is 4.44. The molecule has 3 aliphatic rings. The Bertz CT molecular complexity index is 1450. The van der Waals surface area contributed by atoms with Crippen molar-refractivity contribution < 1.29 is 19.2 Å². The molecular weight excluding hydrogens is 526 g/mol. The van der Waals surface area contributed by atoms with Gasteiger partial charge in [0.25, 0.3) is 5.91 Å². The molecule has 3 aliphatic heterocycles. The molecule has 3 aromatic rings. The van der Waals surface area contributed by atoms with Gasteiger partial charge in [-0.05, 0) is 55.0 Å². The van der Waals surface area contributed by atoms with Gasteiger partial charge in [0.05, 0.1) is 28.2 Å². The smallest absolute Gasteiger partial charge is 0.322 e. The van der Waals surface area contributed by atoms with E-state index >= 15 is 0 Å². The van der Waals surface area contributed by atoms with E-state index in [1.165, 1.54) is 21.8 Å². The molecule has 2 aromatic carbocycles. The van der Waals surface area contributed by atoms with E-state index in [2.05, 4.69) is 24.1 Å². The van der Waals surface area contributed by atoms with Gasteiger partial charge >= 0.3 is 6.03 Å². The molecule has 0 bridgehead atoms. The lowest BCUT2D eigenvalue weighted by Crippen LogP contribution is -2.52. The molecule has 3 saturated heterocycles. The highest BCUT2D eigenvalue weighted by atomic mass is 32.1. The molecule has 0 radical (unpaired) electrons. The van der Waals surface area contributed by atoms with E-state index in [1.54, 1.807) is 16.7 Å². The Morgan fingerprint density at radius 3 is 2.48 bits per heavy atom. The normalized spacial score (nSPS) is 24.3. The molecule has 6 rings (SSSR count). The number of imide groups is 1. The van der Waals surface area contributed by atoms with Gasteiger partial charge in [-0.15, -0.1) is 11.3 Å². The summed E-state index contributed by atoms with van der Waals surface area (Å²) in [5.41, 5.74) is 2.60. The Labute approximate surface area is 237 Å². The molecule has 208 valence electrons. The summed E-state index contributed by atoms with van der Waals surface area (Å²) in [7, 11) is 0. The molecule has 4 heterocycles. The molecular formula is C30H33N5O4S. The molecule has 1 N–H and O–H groups in total. The van der Waals surface area contributed by atoms with Crippen LogP contribution in [0.25, 0.3) is 10.2 Å². The number of thiazole rings is 1. The molecule has 0 unspecified atom stereocenters. The van der Waals surface area contributed by atoms with Crippen molar-refractivity contribution in [1.29, 1.82) is 0 Å². The van der Waals surface area contributed by atoms with Crippen LogP contribution < -0.4 is 5.32 Å². The number of nitrogens with zero attached hydrogens (tertiary/aromatic N) is 4. The minimum absolute atomic E-state index is 0.149. The van der Waals surface area contributed by atoms with Crippen LogP contribution in [-0.2, 0) is 9.59 Å². The number of hydrogen-bond acceptors (Lipinski definition) is 6. The molecule has 0 spiro atoms. The van der Waals surface area contributed by atoms with Crippen LogP contribution in [0.2, 0.25) is 0 Å². The fraction of sp³-hybridized carbons (Fsp3) is 0.433. The van der Waals surface area contributed by atoms with Gasteiger partial charge in [0.2, 0.25) is 11.8 Å². The molecule has 3 fully saturated rings. The number of rotatable bonds is 4. The van der Waals surface area contributed by atoms with Crippen molar-refractivity contribution in [3.8, 4) is 0 Å². The van der Waals surface area contributed by atoms with Gasteiger partial charge in [0.15, 0.2) is 5.01 Å². The number of amides is 5. The molecule has 0 saturated carbocycles. The Kier molecular flexibility index (Phi) is 6.82. The number of urea groups is 1. The van der Waals surface area contributed by atoms with Crippen LogP contribution in [0.5, 0.6) is 0 Å². The second-order valence-corrected chi connectivity index (χ2v) is 12.3. The number of benzene rings is 2. The van der Waals surface area contributed by atoms with Crippen molar-refractivity contribution >= 4 is 51.0 Å². The first kappa shape index (κ1) is 26.4. The average Bonchev–Trinajstić information content (AvgIpc) is 3.73. The van der Waals surface area contributed by atoms with Gasteiger partial charge in [0.1, 0.15) is 6.04 Å². The topological polar surface area (TPSA) is 103 Å². The van der Waals surface area contributed by atoms with Crippen LogP contribution in [-0.4, -0.2) is 74.7 Å². The number of nitrogens with one attached hydrogen (secondary N) is 1. The van der Waals surface area contributed by atoms with Crippen molar-refractivity contribution in [3.63, 3.8) is 0 Å². The molecule has 10 heteroatoms. The lowest BCUT2D eigenvalue weighted by atomic mass is 10.0. The van der Waals surface area contributed by atoms with Crippen LogP contribution in [0.3, 0.4) is 0 Å². The minimum Gasteiger partial charge on any atom is -0.335 e. The van der Waals surface area contributed by atoms with Crippen LogP contribution in [0.1, 0.15) is 61.3 Å². The van der Waals surface area contributed by atoms with E-state index in [0.717, 1.165) is 16.6 Å². The van der Waals surface area contributed by atoms with Gasteiger partial charge in [0, 0.05) is 18.8 Å². The minimum atomic E-state index is -0.593. The summed E-state index contributed by atoms with van der Waals surface area (Å²) in [4.78, 5) is 63.1. The van der Waals surface area contributed by atoms with Gasteiger partial charge in [-0.1, -0.05) is 45.0 Å². The van der Waals surface area contributed by atoms with Crippen LogP contribution >= 0.6 is 11.3 Å². The number of anilines is 1. The zero-order valence-electron chi connectivity index (χ0n) is 22.9. The number of carbonyl (C=O) groups excluding carboxylic acids is 4. The first-order chi connectivity index (χ1) is 19.2. The van der Waals surface area contributed by atoms with Crippen molar-refractivity contribution in [3.05, 3.63) is 59.1 Å². The second-order valence-electron chi connectivity index (χ2n) is 11.2. The Hall–Kier alpha value is -3.79. The monoisotopic (exact) mass is 559 g/mol. The summed E-state index contributed by atoms with van der Waals surface area (Å²) < 4.78 is 0.890. The van der Waals surface area contributed by atoms with E-state index in [0.29, 0.717) is 37.5 Å². The summed E-state index contributed by atoms with van der Waals surface area (Å²) in [5.74, 6) is -0.943. The molecule has 4 atom stereocenters. The number of fused-ring (bicyclic) bond motifs is 2. The quantitative estimate of drug-likeness (QED) is 0.467. The van der Waals surface area contributed by atoms with Crippen molar-refractivity contribution in [2.75, 3.05) is 18.4 Å². The lowest BCUT2D eigenvalue weighted by molar-refractivity contribution is -0.137. The summed E-state index contributed by atoms with van der Waals surface area (Å²) in [6.07, 6.45) is 1.82. The van der Waals surface area contributed by atoms with E-state index in [9.17, 15) is 19.2 Å². The maximum Gasteiger partial charge on any atom is 0.322 e. The predicted octanol–water partition coefficient (Wildman–Crippen LogP) is 4.70. The van der Waals surface area contributed by atoms with E-state index < -0.39 is 30.0 Å². The zero-order chi connectivity index (χ0) is 28.1. The number of hydrogen-bond donors (Lipinski definition) is 1. The number of carbonyl (C=O) groups is 4. The summed E-state index contributed by atoms with van der Waals surface area (Å²) in [6.45, 7) is 6.96. The molecule has 1 aromatic heterocycles. The van der Waals surface area contributed by atoms with Crippen LogP contribution in [0.4, 0.5) is 10.5 Å². The van der Waals surface area contributed by atoms with Crippen LogP contribution in [0, 0.1) is 5.92 Å². The number of para-hydroxylation sites is 1. The lowest BCUT2D eigenvalue weighted by Gasteiger charge is -2.32. The molecule has 5 amide bonds. The number of aromatic nitrogens is 1. The molecule has 0 aliphatic carbocycles. The zero-order valence-corrected chi connectivity index (χ0v) is 23.7. The maximum absolute atomic E-state index is 13.9. The highest BCUT2D eigenvalue weighted by Gasteiger charge is 2.56. The third-order valence-electron chi connectivity index (χ3n) is 8.50. The standard InChI is InChI=1S/C30H33N5O4S/c1-17(2)19-10-12-20(13-11-19)31-30(39)33-15-6-8-23(33)28(37)34-16-14-22-25(34)18(3)27(36)35(22)29(38)26-32-21-7-4-5-9-24(21)40-26/h4-5,7,9-13,17-18,22-23,25H,6,8,14-16H2,1-3H3,(H,31,39)/t18-,22-,23-,25+/m0/s1. The maximum atomic E-state index is 13.9. The third-order valence-corrected chi connectivity index (χ3v) is 9.52. The van der Waals surface area contributed by atoms with Gasteiger partial charge < -0.3 is 15.1 Å². The van der Waals surface area contributed by atoms with Crippen molar-refractivity contribution in [2.24, 2.45) is 5.92 Å². The fourth-order valence-electron chi connectivity index (χ4n) is 6.39. The number of likely N-dealkylation sites (tertiary alicyclic amines) is 3. The largest absolute Gasteiger partial charge is 0.335 e. The SMILES string of the molecule is CC(C)c1ccc(NC(=O)N2CCC[C@H]2C(=O)N2CC[C@H]3[C@H]2[C@H](C)C(=O)N3C(=O)c2nc3ccccc3s2)cc1. The van der Waals surface area contributed by atoms with Gasteiger partial charge in [-0.25, -0.2) is 9.78 Å². The summed E-state index contributed by atoms with van der Waals surface area (Å²) >= 11 is 1.28. The Morgan fingerprint density at radius 1 is 1.00 bits per heavy atom. The Morgan fingerprint density at radius 2 is 1.75 bits per heavy atom. The molecule has 40 heavy (non-hydrogen) atoms. The average molecular weight is 560 g/mol. The Balaban J connectivity index is 1.17. The first-order valence-electron chi connectivity index (χ1n) is 14.0. The summed E-state index contributed by atoms with van der Waals surface area (Å²) in [6, 6.07) is 13.6. The van der Waals surface area contributed by atoms with E-state index in [1.807, 2.05) is 48.5 Å². The second kappa shape index (κ2) is 10.3. The molecule has 9 nitrogen and oxygen atoms in total.